The number of anilines is 1. The number of carbonyl (C=O) groups excluding carboxylic acids is 2. The van der Waals surface area contributed by atoms with E-state index in [4.69, 9.17) is 0 Å². The first kappa shape index (κ1) is 33.1. The van der Waals surface area contributed by atoms with Crippen LogP contribution < -0.4 is 9.62 Å². The van der Waals surface area contributed by atoms with Gasteiger partial charge < -0.3 is 10.2 Å². The van der Waals surface area contributed by atoms with Crippen molar-refractivity contribution in [2.75, 3.05) is 17.4 Å². The molecule has 0 spiro atoms. The minimum absolute atomic E-state index is 0.0241. The molecule has 230 valence electrons. The first-order chi connectivity index (χ1) is 21.2. The van der Waals surface area contributed by atoms with E-state index in [0.29, 0.717) is 17.8 Å². The van der Waals surface area contributed by atoms with Crippen LogP contribution in [-0.4, -0.2) is 44.3 Å². The van der Waals surface area contributed by atoms with Gasteiger partial charge in [0.15, 0.2) is 0 Å². The highest BCUT2D eigenvalue weighted by Crippen LogP contribution is 2.26. The lowest BCUT2D eigenvalue weighted by molar-refractivity contribution is -0.140. The van der Waals surface area contributed by atoms with Crippen LogP contribution >= 0.6 is 22.6 Å². The SMILES string of the molecule is CCCCNC(=O)[C@H](Cc1ccccc1)N(Cc1ccc(F)cc1)C(=O)CN(c1ccc(I)cc1)S(=O)(=O)c1ccccc1. The van der Waals surface area contributed by atoms with Gasteiger partial charge in [0.05, 0.1) is 10.6 Å². The lowest BCUT2D eigenvalue weighted by atomic mass is 10.0. The monoisotopic (exact) mass is 727 g/mol. The zero-order valence-electron chi connectivity index (χ0n) is 24.4. The highest BCUT2D eigenvalue weighted by Gasteiger charge is 2.34. The first-order valence-electron chi connectivity index (χ1n) is 14.4. The van der Waals surface area contributed by atoms with E-state index in [2.05, 4.69) is 27.9 Å². The second kappa shape index (κ2) is 15.8. The van der Waals surface area contributed by atoms with Gasteiger partial charge in [0.1, 0.15) is 18.4 Å². The molecule has 0 aromatic heterocycles. The lowest BCUT2D eigenvalue weighted by Crippen LogP contribution is -2.53. The van der Waals surface area contributed by atoms with Crippen molar-refractivity contribution in [3.8, 4) is 0 Å². The molecule has 0 saturated heterocycles. The molecule has 44 heavy (non-hydrogen) atoms. The summed E-state index contributed by atoms with van der Waals surface area (Å²) in [6.07, 6.45) is 1.86. The van der Waals surface area contributed by atoms with E-state index < -0.39 is 34.3 Å². The maximum atomic E-state index is 14.4. The summed E-state index contributed by atoms with van der Waals surface area (Å²) in [6, 6.07) is 28.9. The first-order valence-corrected chi connectivity index (χ1v) is 16.9. The van der Waals surface area contributed by atoms with Crippen molar-refractivity contribution in [2.24, 2.45) is 0 Å². The molecule has 1 N–H and O–H groups in total. The Balaban J connectivity index is 1.77. The van der Waals surface area contributed by atoms with Crippen LogP contribution in [0.5, 0.6) is 0 Å². The fourth-order valence-electron chi connectivity index (χ4n) is 4.70. The Kier molecular flexibility index (Phi) is 11.9. The molecule has 0 radical (unpaired) electrons. The number of hydrogen-bond acceptors (Lipinski definition) is 4. The number of nitrogens with one attached hydrogen (secondary N) is 1. The van der Waals surface area contributed by atoms with Crippen LogP contribution in [0.15, 0.2) is 114 Å². The Labute approximate surface area is 272 Å². The molecule has 0 bridgehead atoms. The number of sulfonamides is 1. The van der Waals surface area contributed by atoms with Crippen LogP contribution in [0.1, 0.15) is 30.9 Å². The van der Waals surface area contributed by atoms with Crippen molar-refractivity contribution in [1.29, 1.82) is 0 Å². The molecule has 0 saturated carbocycles. The van der Waals surface area contributed by atoms with Crippen molar-refractivity contribution < 1.29 is 22.4 Å². The van der Waals surface area contributed by atoms with Crippen LogP contribution in [0.4, 0.5) is 10.1 Å². The second-order valence-electron chi connectivity index (χ2n) is 10.3. The molecule has 0 fully saturated rings. The largest absolute Gasteiger partial charge is 0.354 e. The number of hydrogen-bond donors (Lipinski definition) is 1. The molecule has 0 aliphatic carbocycles. The predicted octanol–water partition coefficient (Wildman–Crippen LogP) is 6.18. The standard InChI is InChI=1S/C34H35FIN3O4S/c1-2-3-22-37-34(41)32(23-26-10-6-4-7-11-26)38(24-27-14-16-28(35)17-15-27)33(40)25-39(30-20-18-29(36)19-21-30)44(42,43)31-12-8-5-9-13-31/h4-21,32H,2-3,22-25H2,1H3,(H,37,41)/t32-/m0/s1. The van der Waals surface area contributed by atoms with Crippen molar-refractivity contribution in [2.45, 2.75) is 43.7 Å². The maximum Gasteiger partial charge on any atom is 0.264 e. The third-order valence-corrected chi connectivity index (χ3v) is 9.60. The van der Waals surface area contributed by atoms with Gasteiger partial charge in [-0.05, 0) is 88.7 Å². The number of rotatable bonds is 14. The van der Waals surface area contributed by atoms with Crippen LogP contribution in [0.3, 0.4) is 0 Å². The topological polar surface area (TPSA) is 86.8 Å². The molecule has 10 heteroatoms. The summed E-state index contributed by atoms with van der Waals surface area (Å²) in [5.74, 6) is -1.34. The Morgan fingerprint density at radius 1 is 0.841 bits per heavy atom. The second-order valence-corrected chi connectivity index (χ2v) is 13.4. The molecule has 4 aromatic carbocycles. The third-order valence-electron chi connectivity index (χ3n) is 7.09. The zero-order chi connectivity index (χ0) is 31.5. The Hall–Kier alpha value is -3.77. The van der Waals surface area contributed by atoms with Crippen molar-refractivity contribution in [3.05, 3.63) is 130 Å². The number of amides is 2. The van der Waals surface area contributed by atoms with E-state index in [1.54, 1.807) is 54.6 Å². The van der Waals surface area contributed by atoms with Gasteiger partial charge in [-0.15, -0.1) is 0 Å². The summed E-state index contributed by atoms with van der Waals surface area (Å²) < 4.78 is 43.7. The molecule has 1 atom stereocenters. The van der Waals surface area contributed by atoms with Crippen molar-refractivity contribution in [1.82, 2.24) is 10.2 Å². The zero-order valence-corrected chi connectivity index (χ0v) is 27.4. The van der Waals surface area contributed by atoms with Gasteiger partial charge in [-0.2, -0.15) is 0 Å². The van der Waals surface area contributed by atoms with Crippen LogP contribution in [0.25, 0.3) is 0 Å². The molecule has 7 nitrogen and oxygen atoms in total. The van der Waals surface area contributed by atoms with E-state index in [-0.39, 0.29) is 23.8 Å². The van der Waals surface area contributed by atoms with E-state index in [0.717, 1.165) is 26.3 Å². The maximum absolute atomic E-state index is 14.4. The minimum atomic E-state index is -4.16. The average Bonchev–Trinajstić information content (AvgIpc) is 3.03. The van der Waals surface area contributed by atoms with Gasteiger partial charge in [0, 0.05) is 23.1 Å². The molecule has 0 unspecified atom stereocenters. The average molecular weight is 728 g/mol. The molecule has 0 heterocycles. The number of unbranched alkanes of at least 4 members (excludes halogenated alkanes) is 1. The summed E-state index contributed by atoms with van der Waals surface area (Å²) in [4.78, 5) is 29.5. The molecule has 4 aromatic rings. The Morgan fingerprint density at radius 3 is 2.07 bits per heavy atom. The van der Waals surface area contributed by atoms with Crippen LogP contribution in [0, 0.1) is 9.39 Å². The number of nitrogens with zero attached hydrogens (tertiary/aromatic N) is 2. The van der Waals surface area contributed by atoms with Gasteiger partial charge in [-0.3, -0.25) is 13.9 Å². The van der Waals surface area contributed by atoms with Crippen LogP contribution in [-0.2, 0) is 32.6 Å². The van der Waals surface area contributed by atoms with E-state index in [9.17, 15) is 22.4 Å². The Morgan fingerprint density at radius 2 is 1.45 bits per heavy atom. The number of halogens is 2. The van der Waals surface area contributed by atoms with Gasteiger partial charge in [-0.1, -0.05) is 74.0 Å². The normalized spacial score (nSPS) is 11.9. The fourth-order valence-corrected chi connectivity index (χ4v) is 6.50. The summed E-state index contributed by atoms with van der Waals surface area (Å²) in [5, 5.41) is 2.96. The molecule has 2 amide bonds. The van der Waals surface area contributed by atoms with Crippen molar-refractivity contribution >= 4 is 50.1 Å². The van der Waals surface area contributed by atoms with Crippen molar-refractivity contribution in [3.63, 3.8) is 0 Å². The molecule has 0 aliphatic heterocycles. The fraction of sp³-hybridized carbons (Fsp3) is 0.235. The molecular weight excluding hydrogens is 692 g/mol. The van der Waals surface area contributed by atoms with Gasteiger partial charge in [0.25, 0.3) is 10.0 Å². The number of carbonyl (C=O) groups is 2. The van der Waals surface area contributed by atoms with Gasteiger partial charge in [-0.25, -0.2) is 12.8 Å². The van der Waals surface area contributed by atoms with Crippen LogP contribution in [0.2, 0.25) is 0 Å². The Bertz CT molecular complexity index is 1620. The summed E-state index contributed by atoms with van der Waals surface area (Å²) in [7, 11) is -4.16. The molecule has 4 rings (SSSR count). The van der Waals surface area contributed by atoms with Gasteiger partial charge in [0.2, 0.25) is 11.8 Å². The quantitative estimate of drug-likeness (QED) is 0.124. The van der Waals surface area contributed by atoms with Gasteiger partial charge >= 0.3 is 0 Å². The van der Waals surface area contributed by atoms with E-state index >= 15 is 0 Å². The highest BCUT2D eigenvalue weighted by molar-refractivity contribution is 14.1. The predicted molar refractivity (Wildman–Crippen MR) is 179 cm³/mol. The minimum Gasteiger partial charge on any atom is -0.354 e. The molecular formula is C34H35FIN3O4S. The molecule has 0 aliphatic rings. The highest BCUT2D eigenvalue weighted by atomic mass is 127. The van der Waals surface area contributed by atoms with E-state index in [1.807, 2.05) is 37.3 Å². The summed E-state index contributed by atoms with van der Waals surface area (Å²) >= 11 is 2.13. The lowest BCUT2D eigenvalue weighted by Gasteiger charge is -2.34. The third kappa shape index (κ3) is 8.88. The summed E-state index contributed by atoms with van der Waals surface area (Å²) in [6.45, 7) is 1.89. The van der Waals surface area contributed by atoms with E-state index in [1.165, 1.54) is 29.2 Å². The smallest absolute Gasteiger partial charge is 0.264 e. The number of benzene rings is 4. The summed E-state index contributed by atoms with van der Waals surface area (Å²) in [5.41, 5.74) is 1.76.